The number of rotatable bonds is 3. The first-order valence-electron chi connectivity index (χ1n) is 5.80. The Kier molecular flexibility index (Phi) is 3.58. The van der Waals surface area contributed by atoms with E-state index in [1.54, 1.807) is 23.2 Å². The Labute approximate surface area is 107 Å². The number of aryl methyl sites for hydroxylation is 1. The predicted octanol–water partition coefficient (Wildman–Crippen LogP) is 3.79. The minimum absolute atomic E-state index is 0.0746. The van der Waals surface area contributed by atoms with Crippen LogP contribution >= 0.6 is 0 Å². The highest BCUT2D eigenvalue weighted by molar-refractivity contribution is 6.07. The van der Waals surface area contributed by atoms with E-state index in [0.717, 1.165) is 11.3 Å². The summed E-state index contributed by atoms with van der Waals surface area (Å²) in [4.78, 5) is 13.9. The van der Waals surface area contributed by atoms with Gasteiger partial charge in [0.1, 0.15) is 0 Å². The average Bonchev–Trinajstić information content (AvgIpc) is 2.42. The lowest BCUT2D eigenvalue weighted by atomic mass is 10.1. The van der Waals surface area contributed by atoms with Crippen LogP contribution in [-0.2, 0) is 0 Å². The van der Waals surface area contributed by atoms with Crippen LogP contribution in [0.2, 0.25) is 0 Å². The molecule has 90 valence electrons. The van der Waals surface area contributed by atoms with E-state index < -0.39 is 0 Å². The number of amides is 1. The van der Waals surface area contributed by atoms with Crippen LogP contribution in [0.4, 0.5) is 5.69 Å². The lowest BCUT2D eigenvalue weighted by Gasteiger charge is -2.18. The predicted molar refractivity (Wildman–Crippen MR) is 74.6 cm³/mol. The normalized spacial score (nSPS) is 9.83. The topological polar surface area (TPSA) is 20.3 Å². The van der Waals surface area contributed by atoms with Crippen molar-refractivity contribution in [2.24, 2.45) is 0 Å². The van der Waals surface area contributed by atoms with Crippen LogP contribution in [0.25, 0.3) is 0 Å². The second kappa shape index (κ2) is 5.32. The molecule has 2 rings (SSSR count). The highest BCUT2D eigenvalue weighted by Gasteiger charge is 2.14. The van der Waals surface area contributed by atoms with Gasteiger partial charge in [0.2, 0.25) is 0 Å². The summed E-state index contributed by atoms with van der Waals surface area (Å²) in [6.07, 6.45) is 1.54. The van der Waals surface area contributed by atoms with Crippen LogP contribution in [0.3, 0.4) is 0 Å². The molecule has 0 aliphatic carbocycles. The number of carbonyl (C=O) groups excluding carboxylic acids is 1. The highest BCUT2D eigenvalue weighted by atomic mass is 16.2. The van der Waals surface area contributed by atoms with E-state index in [1.807, 2.05) is 49.4 Å². The molecule has 0 fully saturated rings. The molecule has 0 aliphatic rings. The number of hydrogen-bond donors (Lipinski definition) is 0. The van der Waals surface area contributed by atoms with Gasteiger partial charge < -0.3 is 0 Å². The maximum Gasteiger partial charge on any atom is 0.262 e. The maximum absolute atomic E-state index is 12.3. The summed E-state index contributed by atoms with van der Waals surface area (Å²) >= 11 is 0. The fourth-order valence-electron chi connectivity index (χ4n) is 1.73. The molecule has 2 aromatic rings. The van der Waals surface area contributed by atoms with E-state index in [-0.39, 0.29) is 5.91 Å². The summed E-state index contributed by atoms with van der Waals surface area (Å²) in [5, 5.41) is 0. The number of benzene rings is 2. The Balaban J connectivity index is 2.32. The molecule has 0 N–H and O–H groups in total. The Hall–Kier alpha value is -2.35. The Morgan fingerprint density at radius 2 is 1.67 bits per heavy atom. The molecule has 0 unspecified atom stereocenters. The van der Waals surface area contributed by atoms with Crippen molar-refractivity contribution in [3.8, 4) is 0 Å². The molecule has 2 aromatic carbocycles. The molecule has 2 nitrogen and oxygen atoms in total. The van der Waals surface area contributed by atoms with E-state index in [9.17, 15) is 4.79 Å². The largest absolute Gasteiger partial charge is 0.284 e. The van der Waals surface area contributed by atoms with Crippen LogP contribution in [0.15, 0.2) is 67.4 Å². The Morgan fingerprint density at radius 3 is 2.22 bits per heavy atom. The SMILES string of the molecule is C=CN(C(=O)c1ccccc1)c1ccc(C)cc1. The highest BCUT2D eigenvalue weighted by Crippen LogP contribution is 2.18. The molecule has 0 saturated heterocycles. The van der Waals surface area contributed by atoms with Gasteiger partial charge in [-0.1, -0.05) is 42.5 Å². The lowest BCUT2D eigenvalue weighted by Crippen LogP contribution is -2.24. The third-order valence-corrected chi connectivity index (χ3v) is 2.73. The second-order valence-electron chi connectivity index (χ2n) is 4.06. The summed E-state index contributed by atoms with van der Waals surface area (Å²) < 4.78 is 0. The fourth-order valence-corrected chi connectivity index (χ4v) is 1.73. The van der Waals surface area contributed by atoms with Crippen molar-refractivity contribution in [3.05, 3.63) is 78.5 Å². The maximum atomic E-state index is 12.3. The third-order valence-electron chi connectivity index (χ3n) is 2.73. The lowest BCUT2D eigenvalue weighted by molar-refractivity contribution is 0.0998. The molecule has 0 bridgehead atoms. The Morgan fingerprint density at radius 1 is 1.06 bits per heavy atom. The van der Waals surface area contributed by atoms with E-state index in [4.69, 9.17) is 0 Å². The van der Waals surface area contributed by atoms with Crippen LogP contribution in [0.1, 0.15) is 15.9 Å². The summed E-state index contributed by atoms with van der Waals surface area (Å²) in [7, 11) is 0. The van der Waals surface area contributed by atoms with E-state index in [0.29, 0.717) is 5.56 Å². The minimum Gasteiger partial charge on any atom is -0.284 e. The molecule has 2 heteroatoms. The zero-order valence-electron chi connectivity index (χ0n) is 10.3. The zero-order valence-corrected chi connectivity index (χ0v) is 10.3. The molecular formula is C16H15NO. The molecule has 0 heterocycles. The van der Waals surface area contributed by atoms with Gasteiger partial charge in [-0.15, -0.1) is 0 Å². The van der Waals surface area contributed by atoms with E-state index in [1.165, 1.54) is 0 Å². The van der Waals surface area contributed by atoms with Crippen molar-refractivity contribution in [1.82, 2.24) is 0 Å². The van der Waals surface area contributed by atoms with Crippen LogP contribution in [0, 0.1) is 6.92 Å². The van der Waals surface area contributed by atoms with Crippen LogP contribution in [0.5, 0.6) is 0 Å². The molecule has 0 radical (unpaired) electrons. The third kappa shape index (κ3) is 2.48. The van der Waals surface area contributed by atoms with Gasteiger partial charge >= 0.3 is 0 Å². The summed E-state index contributed by atoms with van der Waals surface area (Å²) in [6.45, 7) is 5.73. The van der Waals surface area contributed by atoms with Gasteiger partial charge in [-0.3, -0.25) is 9.69 Å². The Bertz CT molecular complexity index is 543. The molecule has 18 heavy (non-hydrogen) atoms. The number of nitrogens with zero attached hydrogens (tertiary/aromatic N) is 1. The fraction of sp³-hybridized carbons (Fsp3) is 0.0625. The van der Waals surface area contributed by atoms with E-state index >= 15 is 0 Å². The molecule has 1 amide bonds. The molecule has 0 saturated carbocycles. The van der Waals surface area contributed by atoms with Crippen LogP contribution in [-0.4, -0.2) is 5.91 Å². The van der Waals surface area contributed by atoms with E-state index in [2.05, 4.69) is 6.58 Å². The smallest absolute Gasteiger partial charge is 0.262 e. The van der Waals surface area contributed by atoms with Crippen molar-refractivity contribution in [1.29, 1.82) is 0 Å². The van der Waals surface area contributed by atoms with Gasteiger partial charge in [0.05, 0.1) is 0 Å². The molecule has 0 spiro atoms. The number of anilines is 1. The average molecular weight is 237 g/mol. The molecular weight excluding hydrogens is 222 g/mol. The summed E-state index contributed by atoms with van der Waals surface area (Å²) in [5.41, 5.74) is 2.64. The van der Waals surface area contributed by atoms with Crippen LogP contribution < -0.4 is 4.90 Å². The molecule has 0 atom stereocenters. The minimum atomic E-state index is -0.0746. The molecule has 0 aromatic heterocycles. The summed E-state index contributed by atoms with van der Waals surface area (Å²) in [5.74, 6) is -0.0746. The van der Waals surface area contributed by atoms with Gasteiger partial charge in [0.25, 0.3) is 5.91 Å². The van der Waals surface area contributed by atoms with Gasteiger partial charge in [0.15, 0.2) is 0 Å². The van der Waals surface area contributed by atoms with Crippen molar-refractivity contribution in [2.75, 3.05) is 4.90 Å². The number of carbonyl (C=O) groups is 1. The van der Waals surface area contributed by atoms with Gasteiger partial charge in [-0.05, 0) is 31.2 Å². The van der Waals surface area contributed by atoms with Crippen molar-refractivity contribution in [2.45, 2.75) is 6.92 Å². The first kappa shape index (κ1) is 12.1. The number of hydrogen-bond acceptors (Lipinski definition) is 1. The monoisotopic (exact) mass is 237 g/mol. The van der Waals surface area contributed by atoms with Gasteiger partial charge in [-0.2, -0.15) is 0 Å². The first-order valence-corrected chi connectivity index (χ1v) is 5.80. The zero-order chi connectivity index (χ0) is 13.0. The quantitative estimate of drug-likeness (QED) is 0.795. The van der Waals surface area contributed by atoms with Crippen molar-refractivity contribution < 1.29 is 4.79 Å². The molecule has 0 aliphatic heterocycles. The standard InChI is InChI=1S/C16H15NO/c1-3-17(15-11-9-13(2)10-12-15)16(18)14-7-5-4-6-8-14/h3-12H,1H2,2H3. The summed E-state index contributed by atoms with van der Waals surface area (Å²) in [6, 6.07) is 17.0. The second-order valence-corrected chi connectivity index (χ2v) is 4.06. The first-order chi connectivity index (χ1) is 8.72. The van der Waals surface area contributed by atoms with Gasteiger partial charge in [-0.25, -0.2) is 0 Å². The van der Waals surface area contributed by atoms with Gasteiger partial charge in [0, 0.05) is 17.5 Å². The van der Waals surface area contributed by atoms with Crippen molar-refractivity contribution >= 4 is 11.6 Å². The van der Waals surface area contributed by atoms with Crippen molar-refractivity contribution in [3.63, 3.8) is 0 Å².